The minimum absolute atomic E-state index is 0.146. The van der Waals surface area contributed by atoms with Crippen molar-refractivity contribution in [2.45, 2.75) is 39.5 Å². The van der Waals surface area contributed by atoms with Gasteiger partial charge < -0.3 is 0 Å². The van der Waals surface area contributed by atoms with Gasteiger partial charge in [0, 0.05) is 7.05 Å². The first-order chi connectivity index (χ1) is 8.66. The van der Waals surface area contributed by atoms with Crippen LogP contribution in [0.25, 0.3) is 0 Å². The Morgan fingerprint density at radius 2 is 1.32 bits per heavy atom. The predicted molar refractivity (Wildman–Crippen MR) is 75.6 cm³/mol. The maximum absolute atomic E-state index is 12.6. The SMILES string of the molecule is Cc1c(C)c(C)c(S(=O)(=O)N(C)CC#N)c(C)c1C. The molecular weight excluding hydrogens is 260 g/mol. The molecule has 0 heterocycles. The quantitative estimate of drug-likeness (QED) is 0.799. The second-order valence-electron chi connectivity index (χ2n) is 4.87. The molecule has 0 radical (unpaired) electrons. The van der Waals surface area contributed by atoms with E-state index >= 15 is 0 Å². The van der Waals surface area contributed by atoms with E-state index in [9.17, 15) is 8.42 Å². The van der Waals surface area contributed by atoms with Gasteiger partial charge in [-0.2, -0.15) is 9.57 Å². The monoisotopic (exact) mass is 280 g/mol. The lowest BCUT2D eigenvalue weighted by Crippen LogP contribution is -2.29. The minimum Gasteiger partial charge on any atom is -0.207 e. The Bertz CT molecular complexity index is 626. The van der Waals surface area contributed by atoms with Crippen molar-refractivity contribution >= 4 is 10.0 Å². The molecule has 0 aliphatic carbocycles. The summed E-state index contributed by atoms with van der Waals surface area (Å²) in [6.45, 7) is 9.36. The van der Waals surface area contributed by atoms with Gasteiger partial charge in [0.15, 0.2) is 0 Å². The molecule has 0 bridgehead atoms. The first kappa shape index (κ1) is 15.7. The van der Waals surface area contributed by atoms with Gasteiger partial charge in [0.1, 0.15) is 6.54 Å². The largest absolute Gasteiger partial charge is 0.244 e. The molecule has 4 nitrogen and oxygen atoms in total. The highest BCUT2D eigenvalue weighted by molar-refractivity contribution is 7.89. The fourth-order valence-electron chi connectivity index (χ4n) is 2.19. The van der Waals surface area contributed by atoms with E-state index in [1.807, 2.05) is 40.7 Å². The van der Waals surface area contributed by atoms with E-state index in [0.29, 0.717) is 4.90 Å². The van der Waals surface area contributed by atoms with E-state index < -0.39 is 10.0 Å². The maximum Gasteiger partial charge on any atom is 0.244 e. The number of hydrogen-bond donors (Lipinski definition) is 0. The van der Waals surface area contributed by atoms with Crippen molar-refractivity contribution in [3.63, 3.8) is 0 Å². The van der Waals surface area contributed by atoms with Crippen molar-refractivity contribution in [1.29, 1.82) is 5.26 Å². The third-order valence-electron chi connectivity index (χ3n) is 3.89. The van der Waals surface area contributed by atoms with E-state index in [1.165, 1.54) is 7.05 Å². The van der Waals surface area contributed by atoms with Gasteiger partial charge in [-0.25, -0.2) is 8.42 Å². The van der Waals surface area contributed by atoms with Crippen LogP contribution in [0.3, 0.4) is 0 Å². The van der Waals surface area contributed by atoms with E-state index in [0.717, 1.165) is 32.1 Å². The number of nitriles is 1. The highest BCUT2D eigenvalue weighted by Gasteiger charge is 2.27. The van der Waals surface area contributed by atoms with Crippen LogP contribution >= 0.6 is 0 Å². The summed E-state index contributed by atoms with van der Waals surface area (Å²) >= 11 is 0. The zero-order chi connectivity index (χ0) is 15.0. The molecule has 0 fully saturated rings. The predicted octanol–water partition coefficient (Wildman–Crippen LogP) is 2.37. The smallest absolute Gasteiger partial charge is 0.207 e. The molecule has 0 unspecified atom stereocenters. The number of hydrogen-bond acceptors (Lipinski definition) is 3. The Balaban J connectivity index is 3.67. The summed E-state index contributed by atoms with van der Waals surface area (Å²) in [6.07, 6.45) is 0. The van der Waals surface area contributed by atoms with Crippen LogP contribution in [0.2, 0.25) is 0 Å². The van der Waals surface area contributed by atoms with E-state index in [4.69, 9.17) is 5.26 Å². The third-order valence-corrected chi connectivity index (χ3v) is 5.97. The van der Waals surface area contributed by atoms with Gasteiger partial charge in [-0.1, -0.05) is 0 Å². The molecule has 0 N–H and O–H groups in total. The highest BCUT2D eigenvalue weighted by atomic mass is 32.2. The van der Waals surface area contributed by atoms with Crippen LogP contribution in [-0.4, -0.2) is 26.3 Å². The second-order valence-corrected chi connectivity index (χ2v) is 6.86. The molecule has 0 aromatic heterocycles. The molecule has 0 aliphatic heterocycles. The van der Waals surface area contributed by atoms with Gasteiger partial charge in [-0.3, -0.25) is 0 Å². The molecule has 0 aliphatic rings. The van der Waals surface area contributed by atoms with Crippen molar-refractivity contribution in [2.24, 2.45) is 0 Å². The average molecular weight is 280 g/mol. The fraction of sp³-hybridized carbons (Fsp3) is 0.500. The molecule has 1 aromatic rings. The molecule has 0 amide bonds. The number of benzene rings is 1. The zero-order valence-corrected chi connectivity index (χ0v) is 13.1. The van der Waals surface area contributed by atoms with Gasteiger partial charge in [-0.15, -0.1) is 0 Å². The third kappa shape index (κ3) is 2.51. The van der Waals surface area contributed by atoms with Crippen LogP contribution in [0.5, 0.6) is 0 Å². The number of nitrogens with zero attached hydrogens (tertiary/aromatic N) is 2. The standard InChI is InChI=1S/C14H20N2O2S/c1-9-10(2)12(4)14(13(5)11(9)3)19(17,18)16(6)8-7-15/h8H2,1-6H3. The van der Waals surface area contributed by atoms with Gasteiger partial charge in [0.05, 0.1) is 11.0 Å². The molecule has 0 atom stereocenters. The van der Waals surface area contributed by atoms with Crippen LogP contribution in [0.4, 0.5) is 0 Å². The lowest BCUT2D eigenvalue weighted by molar-refractivity contribution is 0.500. The van der Waals surface area contributed by atoms with Crippen LogP contribution in [-0.2, 0) is 10.0 Å². The molecule has 0 saturated heterocycles. The summed E-state index contributed by atoms with van der Waals surface area (Å²) in [4.78, 5) is 0.339. The first-order valence-corrected chi connectivity index (χ1v) is 7.50. The summed E-state index contributed by atoms with van der Waals surface area (Å²) in [5.74, 6) is 0. The average Bonchev–Trinajstić information content (AvgIpc) is 2.34. The Labute approximate surface area is 115 Å². The molecule has 0 spiro atoms. The van der Waals surface area contributed by atoms with Crippen molar-refractivity contribution in [1.82, 2.24) is 4.31 Å². The van der Waals surface area contributed by atoms with E-state index in [1.54, 1.807) is 0 Å². The van der Waals surface area contributed by atoms with Gasteiger partial charge in [0.2, 0.25) is 10.0 Å². The Hall–Kier alpha value is -1.38. The van der Waals surface area contributed by atoms with Crippen molar-refractivity contribution in [3.05, 3.63) is 27.8 Å². The van der Waals surface area contributed by atoms with Crippen LogP contribution < -0.4 is 0 Å². The Kier molecular flexibility index (Phi) is 4.39. The molecule has 1 aromatic carbocycles. The van der Waals surface area contributed by atoms with Crippen LogP contribution in [0.15, 0.2) is 4.90 Å². The molecule has 104 valence electrons. The Morgan fingerprint density at radius 3 is 1.68 bits per heavy atom. The zero-order valence-electron chi connectivity index (χ0n) is 12.3. The minimum atomic E-state index is -3.61. The summed E-state index contributed by atoms with van der Waals surface area (Å²) in [5, 5.41) is 8.68. The van der Waals surface area contributed by atoms with Gasteiger partial charge in [0.25, 0.3) is 0 Å². The summed E-state index contributed by atoms with van der Waals surface area (Å²) in [6, 6.07) is 1.87. The van der Waals surface area contributed by atoms with E-state index in [-0.39, 0.29) is 6.54 Å². The molecule has 1 rings (SSSR count). The number of rotatable bonds is 3. The highest BCUT2D eigenvalue weighted by Crippen LogP contribution is 2.30. The van der Waals surface area contributed by atoms with E-state index in [2.05, 4.69) is 0 Å². The molecule has 0 saturated carbocycles. The summed E-state index contributed by atoms with van der Waals surface area (Å²) in [5.41, 5.74) is 4.65. The topological polar surface area (TPSA) is 61.2 Å². The van der Waals surface area contributed by atoms with Crippen molar-refractivity contribution in [2.75, 3.05) is 13.6 Å². The Morgan fingerprint density at radius 1 is 0.947 bits per heavy atom. The van der Waals surface area contributed by atoms with Gasteiger partial charge >= 0.3 is 0 Å². The molecule has 5 heteroatoms. The molecule has 19 heavy (non-hydrogen) atoms. The fourth-order valence-corrected chi connectivity index (χ4v) is 3.81. The van der Waals surface area contributed by atoms with Crippen molar-refractivity contribution in [3.8, 4) is 6.07 Å². The second kappa shape index (κ2) is 5.32. The lowest BCUT2D eigenvalue weighted by Gasteiger charge is -2.22. The maximum atomic E-state index is 12.6. The summed E-state index contributed by atoms with van der Waals surface area (Å²) in [7, 11) is -2.18. The van der Waals surface area contributed by atoms with Crippen molar-refractivity contribution < 1.29 is 8.42 Å². The van der Waals surface area contributed by atoms with Crippen LogP contribution in [0.1, 0.15) is 27.8 Å². The normalized spacial score (nSPS) is 11.7. The summed E-state index contributed by atoms with van der Waals surface area (Å²) < 4.78 is 26.2. The van der Waals surface area contributed by atoms with Gasteiger partial charge in [-0.05, 0) is 62.4 Å². The molecular formula is C14H20N2O2S. The lowest BCUT2D eigenvalue weighted by atomic mass is 9.95. The number of sulfonamides is 1. The first-order valence-electron chi connectivity index (χ1n) is 6.06. The van der Waals surface area contributed by atoms with Crippen LogP contribution in [0, 0.1) is 45.9 Å².